The number of fused-ring (bicyclic) bond motifs is 1. The van der Waals surface area contributed by atoms with Crippen molar-refractivity contribution in [3.63, 3.8) is 0 Å². The predicted molar refractivity (Wildman–Crippen MR) is 121 cm³/mol. The molecule has 5 rings (SSSR count). The molecule has 3 aromatic rings. The van der Waals surface area contributed by atoms with Crippen molar-refractivity contribution >= 4 is 17.5 Å². The second-order valence-electron chi connectivity index (χ2n) is 8.07. The van der Waals surface area contributed by atoms with Crippen LogP contribution in [0.5, 0.6) is 11.5 Å². The maximum Gasteiger partial charge on any atom is 0.262 e. The number of para-hydroxylation sites is 1. The standard InChI is InChI=1S/C26H24N2O5/c1-2-32-21-15-18(13-14-20(21)29)23-22-24(33-28(23)19-11-7-4-8-12-19)26(31)27(25(22)30)16-17-9-5-3-6-10-17/h3-15,22-24,29H,2,16H2,1H3/t22-,23+,24-/m0/s1. The maximum atomic E-state index is 13.6. The second kappa shape index (κ2) is 8.60. The van der Waals surface area contributed by atoms with Crippen molar-refractivity contribution in [2.75, 3.05) is 11.7 Å². The number of carbonyl (C=O) groups is 2. The lowest BCUT2D eigenvalue weighted by atomic mass is 9.90. The number of carbonyl (C=O) groups excluding carboxylic acids is 2. The fourth-order valence-electron chi connectivity index (χ4n) is 4.52. The lowest BCUT2D eigenvalue weighted by Gasteiger charge is -2.29. The number of hydrogen-bond acceptors (Lipinski definition) is 6. The van der Waals surface area contributed by atoms with Crippen LogP contribution in [0, 0.1) is 5.92 Å². The summed E-state index contributed by atoms with van der Waals surface area (Å²) in [6.07, 6.45) is -0.921. The highest BCUT2D eigenvalue weighted by atomic mass is 16.7. The van der Waals surface area contributed by atoms with Gasteiger partial charge in [-0.15, -0.1) is 0 Å². The molecule has 0 aromatic heterocycles. The Labute approximate surface area is 191 Å². The number of aromatic hydroxyl groups is 1. The SMILES string of the molecule is CCOc1cc([C@@H]2[C@@H]3C(=O)N(Cc4ccccc4)C(=O)[C@H]3ON2c2ccccc2)ccc1O. The van der Waals surface area contributed by atoms with Crippen LogP contribution >= 0.6 is 0 Å². The maximum absolute atomic E-state index is 13.6. The highest BCUT2D eigenvalue weighted by molar-refractivity contribution is 6.07. The van der Waals surface area contributed by atoms with Gasteiger partial charge in [-0.1, -0.05) is 54.6 Å². The molecule has 0 bridgehead atoms. The minimum atomic E-state index is -0.921. The molecule has 2 amide bonds. The number of phenols is 1. The molecule has 0 unspecified atom stereocenters. The van der Waals surface area contributed by atoms with Crippen molar-refractivity contribution in [1.82, 2.24) is 4.90 Å². The monoisotopic (exact) mass is 444 g/mol. The number of anilines is 1. The van der Waals surface area contributed by atoms with E-state index in [-0.39, 0.29) is 24.1 Å². The number of rotatable bonds is 6. The summed E-state index contributed by atoms with van der Waals surface area (Å²) < 4.78 is 5.57. The third kappa shape index (κ3) is 3.70. The topological polar surface area (TPSA) is 79.3 Å². The summed E-state index contributed by atoms with van der Waals surface area (Å²) in [6.45, 7) is 2.42. The largest absolute Gasteiger partial charge is 0.504 e. The van der Waals surface area contributed by atoms with Crippen molar-refractivity contribution in [1.29, 1.82) is 0 Å². The minimum Gasteiger partial charge on any atom is -0.504 e. The number of nitrogens with zero attached hydrogens (tertiary/aromatic N) is 2. The number of benzene rings is 3. The van der Waals surface area contributed by atoms with Crippen LogP contribution in [0.15, 0.2) is 78.9 Å². The number of amides is 2. The molecule has 2 aliphatic heterocycles. The molecule has 2 saturated heterocycles. The molecule has 3 atom stereocenters. The van der Waals surface area contributed by atoms with Gasteiger partial charge in [0.25, 0.3) is 5.91 Å². The third-order valence-corrected chi connectivity index (χ3v) is 6.03. The lowest BCUT2D eigenvalue weighted by Crippen LogP contribution is -2.36. The number of hydroxylamine groups is 1. The average Bonchev–Trinajstić information content (AvgIpc) is 3.34. The Morgan fingerprint density at radius 1 is 0.939 bits per heavy atom. The van der Waals surface area contributed by atoms with Crippen LogP contribution in [0.2, 0.25) is 0 Å². The molecule has 0 saturated carbocycles. The Morgan fingerprint density at radius 2 is 1.64 bits per heavy atom. The third-order valence-electron chi connectivity index (χ3n) is 6.03. The fourth-order valence-corrected chi connectivity index (χ4v) is 4.52. The van der Waals surface area contributed by atoms with Crippen LogP contribution in [-0.4, -0.2) is 34.5 Å². The Kier molecular flexibility index (Phi) is 5.48. The normalized spacial score (nSPS) is 22.0. The Bertz CT molecular complexity index is 1170. The summed E-state index contributed by atoms with van der Waals surface area (Å²) in [5, 5.41) is 11.8. The van der Waals surface area contributed by atoms with E-state index in [0.717, 1.165) is 16.8 Å². The summed E-state index contributed by atoms with van der Waals surface area (Å²) in [6, 6.07) is 23.2. The number of likely N-dealkylation sites (tertiary alicyclic amines) is 1. The van der Waals surface area contributed by atoms with E-state index in [1.807, 2.05) is 67.6 Å². The van der Waals surface area contributed by atoms with Gasteiger partial charge in [-0.25, -0.2) is 5.06 Å². The van der Waals surface area contributed by atoms with Gasteiger partial charge in [-0.2, -0.15) is 0 Å². The molecule has 0 radical (unpaired) electrons. The van der Waals surface area contributed by atoms with Crippen LogP contribution in [0.1, 0.15) is 24.1 Å². The van der Waals surface area contributed by atoms with Crippen LogP contribution in [0.4, 0.5) is 5.69 Å². The summed E-state index contributed by atoms with van der Waals surface area (Å²) >= 11 is 0. The van der Waals surface area contributed by atoms with Crippen LogP contribution in [0.3, 0.4) is 0 Å². The first-order valence-corrected chi connectivity index (χ1v) is 10.9. The number of hydrogen-bond donors (Lipinski definition) is 1. The van der Waals surface area contributed by atoms with Crippen molar-refractivity contribution in [3.8, 4) is 11.5 Å². The first-order chi connectivity index (χ1) is 16.1. The average molecular weight is 444 g/mol. The van der Waals surface area contributed by atoms with Crippen molar-refractivity contribution in [2.24, 2.45) is 5.92 Å². The zero-order valence-corrected chi connectivity index (χ0v) is 18.1. The van der Waals surface area contributed by atoms with Gasteiger partial charge >= 0.3 is 0 Å². The van der Waals surface area contributed by atoms with Gasteiger partial charge in [-0.05, 0) is 42.3 Å². The van der Waals surface area contributed by atoms with Crippen molar-refractivity contribution < 1.29 is 24.3 Å². The molecule has 3 aromatic carbocycles. The van der Waals surface area contributed by atoms with Crippen LogP contribution in [-0.2, 0) is 21.0 Å². The Morgan fingerprint density at radius 3 is 2.33 bits per heavy atom. The Balaban J connectivity index is 1.54. The highest BCUT2D eigenvalue weighted by Gasteiger charge is 2.59. The number of imide groups is 1. The fraction of sp³-hybridized carbons (Fsp3) is 0.231. The van der Waals surface area contributed by atoms with E-state index in [1.54, 1.807) is 23.3 Å². The molecule has 0 spiro atoms. The van der Waals surface area contributed by atoms with E-state index in [0.29, 0.717) is 12.4 Å². The predicted octanol–water partition coefficient (Wildman–Crippen LogP) is 3.84. The van der Waals surface area contributed by atoms with Gasteiger partial charge in [0.2, 0.25) is 5.91 Å². The number of ether oxygens (including phenoxy) is 1. The van der Waals surface area contributed by atoms with E-state index in [9.17, 15) is 14.7 Å². The minimum absolute atomic E-state index is 0.0156. The first-order valence-electron chi connectivity index (χ1n) is 10.9. The van der Waals surface area contributed by atoms with Gasteiger partial charge in [0.1, 0.15) is 5.92 Å². The van der Waals surface area contributed by atoms with Gasteiger partial charge in [0.15, 0.2) is 17.6 Å². The first kappa shape index (κ1) is 21.0. The Hall–Kier alpha value is -3.84. The van der Waals surface area contributed by atoms with E-state index < -0.39 is 18.1 Å². The summed E-state index contributed by atoms with van der Waals surface area (Å²) in [4.78, 5) is 34.2. The van der Waals surface area contributed by atoms with E-state index >= 15 is 0 Å². The van der Waals surface area contributed by atoms with Gasteiger partial charge in [0.05, 0.1) is 24.9 Å². The molecular formula is C26H24N2O5. The van der Waals surface area contributed by atoms with Gasteiger partial charge in [-0.3, -0.25) is 19.3 Å². The second-order valence-corrected chi connectivity index (χ2v) is 8.07. The molecule has 2 aliphatic rings. The molecule has 33 heavy (non-hydrogen) atoms. The molecular weight excluding hydrogens is 420 g/mol. The summed E-state index contributed by atoms with van der Waals surface area (Å²) in [5.74, 6) is -1.00. The van der Waals surface area contributed by atoms with E-state index in [4.69, 9.17) is 9.57 Å². The number of phenolic OH excluding ortho intramolecular Hbond substituents is 1. The highest BCUT2D eigenvalue weighted by Crippen LogP contribution is 2.48. The van der Waals surface area contributed by atoms with Crippen molar-refractivity contribution in [2.45, 2.75) is 25.6 Å². The zero-order chi connectivity index (χ0) is 22.9. The zero-order valence-electron chi connectivity index (χ0n) is 18.1. The molecule has 168 valence electrons. The molecule has 7 heteroatoms. The summed E-state index contributed by atoms with van der Waals surface area (Å²) in [7, 11) is 0. The quantitative estimate of drug-likeness (QED) is 0.582. The van der Waals surface area contributed by atoms with Crippen LogP contribution < -0.4 is 9.80 Å². The lowest BCUT2D eigenvalue weighted by molar-refractivity contribution is -0.143. The molecule has 1 N–H and O–H groups in total. The van der Waals surface area contributed by atoms with E-state index in [2.05, 4.69) is 0 Å². The summed E-state index contributed by atoms with van der Waals surface area (Å²) in [5.41, 5.74) is 2.33. The smallest absolute Gasteiger partial charge is 0.262 e. The van der Waals surface area contributed by atoms with Gasteiger partial charge < -0.3 is 9.84 Å². The molecule has 7 nitrogen and oxygen atoms in total. The van der Waals surface area contributed by atoms with Crippen LogP contribution in [0.25, 0.3) is 0 Å². The molecule has 0 aliphatic carbocycles. The van der Waals surface area contributed by atoms with E-state index in [1.165, 1.54) is 4.90 Å². The van der Waals surface area contributed by atoms with Gasteiger partial charge in [0, 0.05) is 0 Å². The molecule has 2 fully saturated rings. The van der Waals surface area contributed by atoms with Crippen molar-refractivity contribution in [3.05, 3.63) is 90.0 Å². The molecule has 2 heterocycles.